The highest BCUT2D eigenvalue weighted by Crippen LogP contribution is 2.13. The second-order valence-corrected chi connectivity index (χ2v) is 4.25. The molecule has 3 heteroatoms. The van der Waals surface area contributed by atoms with E-state index in [1.54, 1.807) is 0 Å². The van der Waals surface area contributed by atoms with Crippen LogP contribution in [0.25, 0.3) is 0 Å². The number of carbonyl (C=O) groups excluding carboxylic acids is 1. The van der Waals surface area contributed by atoms with Crippen molar-refractivity contribution in [2.24, 2.45) is 0 Å². The van der Waals surface area contributed by atoms with Crippen molar-refractivity contribution in [2.75, 3.05) is 20.6 Å². The first-order valence-electron chi connectivity index (χ1n) is 5.33. The van der Waals surface area contributed by atoms with E-state index in [0.29, 0.717) is 0 Å². The van der Waals surface area contributed by atoms with Crippen molar-refractivity contribution in [1.29, 1.82) is 0 Å². The fraction of sp³-hybridized carbons (Fsp3) is 0.583. The number of aromatic nitrogens is 1. The zero-order chi connectivity index (χ0) is 11.4. The largest absolute Gasteiger partial charge is 0.348 e. The number of carbonyl (C=O) groups is 1. The Morgan fingerprint density at radius 3 is 2.53 bits per heavy atom. The Hall–Kier alpha value is -1.09. The fourth-order valence-corrected chi connectivity index (χ4v) is 1.84. The first kappa shape index (κ1) is 12.0. The van der Waals surface area contributed by atoms with Crippen LogP contribution in [-0.4, -0.2) is 36.4 Å². The maximum absolute atomic E-state index is 10.8. The molecule has 0 aliphatic rings. The Morgan fingerprint density at radius 1 is 1.40 bits per heavy atom. The molecule has 0 aliphatic carbocycles. The van der Waals surface area contributed by atoms with Crippen LogP contribution in [0, 0.1) is 13.8 Å². The van der Waals surface area contributed by atoms with Gasteiger partial charge in [-0.3, -0.25) is 4.79 Å². The van der Waals surface area contributed by atoms with E-state index < -0.39 is 0 Å². The summed E-state index contributed by atoms with van der Waals surface area (Å²) in [6.45, 7) is 6.12. The second kappa shape index (κ2) is 5.12. The zero-order valence-electron chi connectivity index (χ0n) is 10.1. The normalized spacial score (nSPS) is 11.0. The van der Waals surface area contributed by atoms with Crippen LogP contribution in [0.15, 0.2) is 6.07 Å². The smallest absolute Gasteiger partial charge is 0.151 e. The monoisotopic (exact) mass is 208 g/mol. The molecule has 3 nitrogen and oxygen atoms in total. The first-order valence-corrected chi connectivity index (χ1v) is 5.33. The molecule has 1 aromatic heterocycles. The molecule has 0 fully saturated rings. The Kier molecular flexibility index (Phi) is 4.09. The molecule has 1 rings (SSSR count). The van der Waals surface area contributed by atoms with Crippen molar-refractivity contribution < 1.29 is 4.79 Å². The standard InChI is InChI=1S/C12H20N2O/c1-10-8-12(9-15)11(2)14(10)7-5-6-13(3)4/h8-9H,5-7H2,1-4H3. The van der Waals surface area contributed by atoms with Gasteiger partial charge in [-0.2, -0.15) is 0 Å². The van der Waals surface area contributed by atoms with E-state index in [-0.39, 0.29) is 0 Å². The van der Waals surface area contributed by atoms with Gasteiger partial charge in [0.25, 0.3) is 0 Å². The minimum absolute atomic E-state index is 0.817. The van der Waals surface area contributed by atoms with Crippen LogP contribution in [0.1, 0.15) is 28.2 Å². The van der Waals surface area contributed by atoms with E-state index in [2.05, 4.69) is 30.5 Å². The van der Waals surface area contributed by atoms with Gasteiger partial charge in [-0.15, -0.1) is 0 Å². The van der Waals surface area contributed by atoms with Crippen molar-refractivity contribution in [3.05, 3.63) is 23.0 Å². The molecule has 0 spiro atoms. The highest BCUT2D eigenvalue weighted by atomic mass is 16.1. The number of nitrogens with zero attached hydrogens (tertiary/aromatic N) is 2. The Labute approximate surface area is 91.7 Å². The molecule has 0 radical (unpaired) electrons. The molecule has 84 valence electrons. The summed E-state index contributed by atoms with van der Waals surface area (Å²) < 4.78 is 2.22. The average molecular weight is 208 g/mol. The Balaban J connectivity index is 2.68. The van der Waals surface area contributed by atoms with Crippen molar-refractivity contribution in [2.45, 2.75) is 26.8 Å². The van der Waals surface area contributed by atoms with Crippen LogP contribution in [0.5, 0.6) is 0 Å². The predicted octanol–water partition coefficient (Wildman–Crippen LogP) is 1.87. The maximum atomic E-state index is 10.8. The van der Waals surface area contributed by atoms with E-state index in [0.717, 1.165) is 37.1 Å². The van der Waals surface area contributed by atoms with Gasteiger partial charge in [0.1, 0.15) is 0 Å². The molecule has 0 aromatic carbocycles. The molecule has 0 amide bonds. The lowest BCUT2D eigenvalue weighted by molar-refractivity contribution is 0.112. The van der Waals surface area contributed by atoms with Crippen LogP contribution in [0.2, 0.25) is 0 Å². The van der Waals surface area contributed by atoms with E-state index >= 15 is 0 Å². The molecule has 0 atom stereocenters. The average Bonchev–Trinajstić information content (AvgIpc) is 2.44. The quantitative estimate of drug-likeness (QED) is 0.690. The molecular formula is C12H20N2O. The summed E-state index contributed by atoms with van der Waals surface area (Å²) >= 11 is 0. The predicted molar refractivity (Wildman–Crippen MR) is 62.5 cm³/mol. The highest BCUT2D eigenvalue weighted by molar-refractivity contribution is 5.77. The van der Waals surface area contributed by atoms with Gasteiger partial charge < -0.3 is 9.47 Å². The van der Waals surface area contributed by atoms with E-state index in [1.165, 1.54) is 5.69 Å². The lowest BCUT2D eigenvalue weighted by Crippen LogP contribution is -2.15. The molecule has 15 heavy (non-hydrogen) atoms. The minimum Gasteiger partial charge on any atom is -0.348 e. The van der Waals surface area contributed by atoms with Gasteiger partial charge >= 0.3 is 0 Å². The van der Waals surface area contributed by atoms with Gasteiger partial charge in [0.15, 0.2) is 6.29 Å². The maximum Gasteiger partial charge on any atom is 0.151 e. The molecule has 0 N–H and O–H groups in total. The number of aryl methyl sites for hydroxylation is 1. The molecule has 0 saturated heterocycles. The topological polar surface area (TPSA) is 25.2 Å². The summed E-state index contributed by atoms with van der Waals surface area (Å²) in [6, 6.07) is 1.96. The second-order valence-electron chi connectivity index (χ2n) is 4.25. The molecule has 0 saturated carbocycles. The fourth-order valence-electron chi connectivity index (χ4n) is 1.84. The van der Waals surface area contributed by atoms with E-state index in [9.17, 15) is 4.79 Å². The van der Waals surface area contributed by atoms with E-state index in [1.807, 2.05) is 13.0 Å². The third-order valence-electron chi connectivity index (χ3n) is 2.73. The summed E-state index contributed by atoms with van der Waals surface area (Å²) in [4.78, 5) is 12.9. The molecule has 1 aromatic rings. The van der Waals surface area contributed by atoms with Crippen LogP contribution in [0.4, 0.5) is 0 Å². The summed E-state index contributed by atoms with van der Waals surface area (Å²) in [5.74, 6) is 0. The summed E-state index contributed by atoms with van der Waals surface area (Å²) in [7, 11) is 4.15. The van der Waals surface area contributed by atoms with Crippen molar-refractivity contribution in [1.82, 2.24) is 9.47 Å². The van der Waals surface area contributed by atoms with Gasteiger partial charge in [-0.05, 0) is 47.0 Å². The molecule has 0 bridgehead atoms. The van der Waals surface area contributed by atoms with Gasteiger partial charge in [-0.25, -0.2) is 0 Å². The molecular weight excluding hydrogens is 188 g/mol. The van der Waals surface area contributed by atoms with Gasteiger partial charge in [0.05, 0.1) is 0 Å². The van der Waals surface area contributed by atoms with Gasteiger partial charge in [0.2, 0.25) is 0 Å². The van der Waals surface area contributed by atoms with Crippen molar-refractivity contribution >= 4 is 6.29 Å². The summed E-state index contributed by atoms with van der Waals surface area (Å²) in [5, 5.41) is 0. The highest BCUT2D eigenvalue weighted by Gasteiger charge is 2.07. The first-order chi connectivity index (χ1) is 7.06. The third-order valence-corrected chi connectivity index (χ3v) is 2.73. The molecule has 1 heterocycles. The van der Waals surface area contributed by atoms with Crippen LogP contribution in [-0.2, 0) is 6.54 Å². The van der Waals surface area contributed by atoms with Crippen LogP contribution in [0.3, 0.4) is 0 Å². The number of rotatable bonds is 5. The van der Waals surface area contributed by atoms with Crippen molar-refractivity contribution in [3.63, 3.8) is 0 Å². The Morgan fingerprint density at radius 2 is 2.07 bits per heavy atom. The van der Waals surface area contributed by atoms with E-state index in [4.69, 9.17) is 0 Å². The molecule has 0 aliphatic heterocycles. The van der Waals surface area contributed by atoms with Crippen LogP contribution < -0.4 is 0 Å². The third kappa shape index (κ3) is 2.93. The number of hydrogen-bond acceptors (Lipinski definition) is 2. The lowest BCUT2D eigenvalue weighted by atomic mass is 10.3. The summed E-state index contributed by atoms with van der Waals surface area (Å²) in [6.07, 6.45) is 2.05. The van der Waals surface area contributed by atoms with Crippen LogP contribution >= 0.6 is 0 Å². The minimum atomic E-state index is 0.817. The molecule has 0 unspecified atom stereocenters. The number of hydrogen-bond donors (Lipinski definition) is 0. The summed E-state index contributed by atoms with van der Waals surface area (Å²) in [5.41, 5.74) is 3.08. The van der Waals surface area contributed by atoms with Crippen molar-refractivity contribution in [3.8, 4) is 0 Å². The number of aldehydes is 1. The SMILES string of the molecule is Cc1cc(C=O)c(C)n1CCCN(C)C. The van der Waals surface area contributed by atoms with Gasteiger partial charge in [0, 0.05) is 23.5 Å². The lowest BCUT2D eigenvalue weighted by Gasteiger charge is -2.12. The Bertz CT molecular complexity index is 340. The zero-order valence-corrected chi connectivity index (χ0v) is 10.1. The van der Waals surface area contributed by atoms with Gasteiger partial charge in [-0.1, -0.05) is 0 Å².